The van der Waals surface area contributed by atoms with Gasteiger partial charge in [-0.1, -0.05) is 30.3 Å². The maximum Gasteiger partial charge on any atom is 0.0595 e. The smallest absolute Gasteiger partial charge is 0.0595 e. The number of nitrogens with zero attached hydrogens (tertiary/aromatic N) is 1. The molecule has 3 nitrogen and oxygen atoms in total. The number of benzene rings is 1. The van der Waals surface area contributed by atoms with Crippen LogP contribution in [0.4, 0.5) is 0 Å². The van der Waals surface area contributed by atoms with Gasteiger partial charge in [0.15, 0.2) is 0 Å². The average molecular weight is 220 g/mol. The summed E-state index contributed by atoms with van der Waals surface area (Å²) in [6.07, 6.45) is 1.20. The van der Waals surface area contributed by atoms with E-state index in [-0.39, 0.29) is 12.6 Å². The van der Waals surface area contributed by atoms with Gasteiger partial charge in [-0.15, -0.1) is 0 Å². The second kappa shape index (κ2) is 5.43. The molecule has 2 rings (SSSR count). The van der Waals surface area contributed by atoms with Crippen LogP contribution in [-0.4, -0.2) is 42.3 Å². The normalized spacial score (nSPS) is 23.5. The van der Waals surface area contributed by atoms with Crippen molar-refractivity contribution in [2.24, 2.45) is 5.73 Å². The van der Waals surface area contributed by atoms with E-state index in [0.717, 1.165) is 19.6 Å². The molecule has 0 spiro atoms. The molecule has 1 aromatic carbocycles. The number of rotatable bonds is 4. The molecule has 2 unspecified atom stereocenters. The van der Waals surface area contributed by atoms with Crippen molar-refractivity contribution in [2.45, 2.75) is 18.4 Å². The second-order valence-corrected chi connectivity index (χ2v) is 4.60. The molecule has 1 heterocycles. The molecule has 0 aliphatic carbocycles. The van der Waals surface area contributed by atoms with Crippen LogP contribution in [0.1, 0.15) is 17.9 Å². The van der Waals surface area contributed by atoms with E-state index in [2.05, 4.69) is 35.2 Å². The first kappa shape index (κ1) is 11.6. The van der Waals surface area contributed by atoms with Gasteiger partial charge in [0.1, 0.15) is 0 Å². The Morgan fingerprint density at radius 2 is 2.12 bits per heavy atom. The third-order valence-electron chi connectivity index (χ3n) is 3.27. The van der Waals surface area contributed by atoms with E-state index in [1.807, 2.05) is 0 Å². The Balaban J connectivity index is 1.89. The van der Waals surface area contributed by atoms with Gasteiger partial charge in [0.05, 0.1) is 6.61 Å². The molecule has 1 aromatic rings. The fourth-order valence-electron chi connectivity index (χ4n) is 2.39. The molecule has 0 saturated carbocycles. The summed E-state index contributed by atoms with van der Waals surface area (Å²) in [5.74, 6) is 0.632. The number of hydrogen-bond acceptors (Lipinski definition) is 3. The molecule has 1 aliphatic heterocycles. The molecule has 0 amide bonds. The number of nitrogens with two attached hydrogens (primary N) is 1. The topological polar surface area (TPSA) is 49.5 Å². The molecule has 0 radical (unpaired) electrons. The molecule has 0 aromatic heterocycles. The lowest BCUT2D eigenvalue weighted by molar-refractivity contribution is 0.221. The highest BCUT2D eigenvalue weighted by atomic mass is 16.3. The predicted octanol–water partition coefficient (Wildman–Crippen LogP) is 0.795. The monoisotopic (exact) mass is 220 g/mol. The standard InChI is InChI=1S/C13H20N2O/c14-13(10-16)9-15-7-6-12(8-15)11-4-2-1-3-5-11/h1-5,12-13,16H,6-10,14H2. The first-order valence-corrected chi connectivity index (χ1v) is 5.93. The van der Waals surface area contributed by atoms with Crippen molar-refractivity contribution in [3.63, 3.8) is 0 Å². The maximum atomic E-state index is 8.93. The minimum Gasteiger partial charge on any atom is -0.395 e. The molecule has 0 bridgehead atoms. The summed E-state index contributed by atoms with van der Waals surface area (Å²) in [6, 6.07) is 10.5. The van der Waals surface area contributed by atoms with Gasteiger partial charge in [0.25, 0.3) is 0 Å². The average Bonchev–Trinajstić information content (AvgIpc) is 2.78. The van der Waals surface area contributed by atoms with Crippen LogP contribution in [0, 0.1) is 0 Å². The summed E-state index contributed by atoms with van der Waals surface area (Å²) in [7, 11) is 0. The van der Waals surface area contributed by atoms with Crippen LogP contribution in [0.25, 0.3) is 0 Å². The van der Waals surface area contributed by atoms with Crippen molar-refractivity contribution in [3.8, 4) is 0 Å². The summed E-state index contributed by atoms with van der Waals surface area (Å²) in [4.78, 5) is 2.35. The molecule has 2 atom stereocenters. The highest BCUT2D eigenvalue weighted by Crippen LogP contribution is 2.26. The Hall–Kier alpha value is -0.900. The fraction of sp³-hybridized carbons (Fsp3) is 0.538. The van der Waals surface area contributed by atoms with Crippen LogP contribution in [0.3, 0.4) is 0 Å². The van der Waals surface area contributed by atoms with Gasteiger partial charge < -0.3 is 15.7 Å². The molecule has 16 heavy (non-hydrogen) atoms. The molecule has 3 N–H and O–H groups in total. The van der Waals surface area contributed by atoms with Gasteiger partial charge >= 0.3 is 0 Å². The van der Waals surface area contributed by atoms with Crippen LogP contribution >= 0.6 is 0 Å². The van der Waals surface area contributed by atoms with Crippen LogP contribution in [0.2, 0.25) is 0 Å². The van der Waals surface area contributed by atoms with Gasteiger partial charge in [-0.05, 0) is 24.4 Å². The minimum absolute atomic E-state index is 0.0759. The summed E-state index contributed by atoms with van der Waals surface area (Å²) < 4.78 is 0. The Bertz CT molecular complexity index is 315. The summed E-state index contributed by atoms with van der Waals surface area (Å²) in [6.45, 7) is 3.04. The van der Waals surface area contributed by atoms with Crippen LogP contribution in [0.15, 0.2) is 30.3 Å². The zero-order valence-electron chi connectivity index (χ0n) is 9.55. The van der Waals surface area contributed by atoms with E-state index in [1.165, 1.54) is 12.0 Å². The van der Waals surface area contributed by atoms with Gasteiger partial charge in [0, 0.05) is 19.1 Å². The first-order chi connectivity index (χ1) is 7.79. The van der Waals surface area contributed by atoms with Crippen molar-refractivity contribution in [2.75, 3.05) is 26.2 Å². The van der Waals surface area contributed by atoms with Crippen LogP contribution < -0.4 is 5.73 Å². The lowest BCUT2D eigenvalue weighted by Crippen LogP contribution is -2.38. The lowest BCUT2D eigenvalue weighted by atomic mass is 9.99. The first-order valence-electron chi connectivity index (χ1n) is 5.93. The zero-order valence-corrected chi connectivity index (χ0v) is 9.55. The summed E-state index contributed by atoms with van der Waals surface area (Å²) in [5.41, 5.74) is 7.16. The van der Waals surface area contributed by atoms with Crippen molar-refractivity contribution in [1.29, 1.82) is 0 Å². The minimum atomic E-state index is -0.102. The largest absolute Gasteiger partial charge is 0.395 e. The summed E-state index contributed by atoms with van der Waals surface area (Å²) >= 11 is 0. The number of aliphatic hydroxyl groups excluding tert-OH is 1. The summed E-state index contributed by atoms with van der Waals surface area (Å²) in [5, 5.41) is 8.93. The number of aliphatic hydroxyl groups is 1. The number of hydrogen-bond donors (Lipinski definition) is 2. The zero-order chi connectivity index (χ0) is 11.4. The van der Waals surface area contributed by atoms with E-state index in [1.54, 1.807) is 0 Å². The third kappa shape index (κ3) is 2.82. The SMILES string of the molecule is NC(CO)CN1CCC(c2ccccc2)C1. The van der Waals surface area contributed by atoms with Gasteiger partial charge in [0.2, 0.25) is 0 Å². The van der Waals surface area contributed by atoms with Gasteiger partial charge in [-0.3, -0.25) is 0 Å². The highest BCUT2D eigenvalue weighted by Gasteiger charge is 2.24. The quantitative estimate of drug-likeness (QED) is 0.789. The van der Waals surface area contributed by atoms with E-state index < -0.39 is 0 Å². The Kier molecular flexibility index (Phi) is 3.93. The Morgan fingerprint density at radius 3 is 2.81 bits per heavy atom. The van der Waals surface area contributed by atoms with Crippen LogP contribution in [0.5, 0.6) is 0 Å². The van der Waals surface area contributed by atoms with Crippen molar-refractivity contribution >= 4 is 0 Å². The molecule has 88 valence electrons. The number of likely N-dealkylation sites (tertiary alicyclic amines) is 1. The van der Waals surface area contributed by atoms with Gasteiger partial charge in [-0.25, -0.2) is 0 Å². The van der Waals surface area contributed by atoms with Crippen molar-refractivity contribution in [3.05, 3.63) is 35.9 Å². The predicted molar refractivity (Wildman–Crippen MR) is 65.3 cm³/mol. The van der Waals surface area contributed by atoms with E-state index in [4.69, 9.17) is 10.8 Å². The van der Waals surface area contributed by atoms with E-state index in [9.17, 15) is 0 Å². The van der Waals surface area contributed by atoms with E-state index in [0.29, 0.717) is 5.92 Å². The maximum absolute atomic E-state index is 8.93. The molecular formula is C13H20N2O. The molecular weight excluding hydrogens is 200 g/mol. The van der Waals surface area contributed by atoms with Gasteiger partial charge in [-0.2, -0.15) is 0 Å². The second-order valence-electron chi connectivity index (χ2n) is 4.60. The van der Waals surface area contributed by atoms with Crippen molar-refractivity contribution < 1.29 is 5.11 Å². The molecule has 1 aliphatic rings. The van der Waals surface area contributed by atoms with E-state index >= 15 is 0 Å². The van der Waals surface area contributed by atoms with Crippen LogP contribution in [-0.2, 0) is 0 Å². The molecule has 1 fully saturated rings. The van der Waals surface area contributed by atoms with Crippen molar-refractivity contribution in [1.82, 2.24) is 4.90 Å². The molecule has 3 heteroatoms. The Morgan fingerprint density at radius 1 is 1.38 bits per heavy atom. The molecule has 1 saturated heterocycles. The fourth-order valence-corrected chi connectivity index (χ4v) is 2.39. The Labute approximate surface area is 96.9 Å². The lowest BCUT2D eigenvalue weighted by Gasteiger charge is -2.19. The third-order valence-corrected chi connectivity index (χ3v) is 3.27. The highest BCUT2D eigenvalue weighted by molar-refractivity contribution is 5.20.